The molecule has 0 bridgehead atoms. The molecule has 1 aromatic rings. The van der Waals surface area contributed by atoms with E-state index in [1.165, 1.54) is 0 Å². The average Bonchev–Trinajstić information content (AvgIpc) is 2.37. The Morgan fingerprint density at radius 2 is 2.12 bits per heavy atom. The molecule has 0 heterocycles. The van der Waals surface area contributed by atoms with Crippen molar-refractivity contribution in [2.24, 2.45) is 0 Å². The van der Waals surface area contributed by atoms with E-state index in [0.29, 0.717) is 13.1 Å². The lowest BCUT2D eigenvalue weighted by Gasteiger charge is -2.20. The lowest BCUT2D eigenvalue weighted by atomic mass is 10.3. The van der Waals surface area contributed by atoms with Gasteiger partial charge >= 0.3 is 0 Å². The molecule has 0 aliphatic carbocycles. The highest BCUT2D eigenvalue weighted by Crippen LogP contribution is 2.04. The van der Waals surface area contributed by atoms with Crippen LogP contribution in [0.25, 0.3) is 0 Å². The zero-order chi connectivity index (χ0) is 12.5. The molecule has 0 atom stereocenters. The molecule has 0 spiro atoms. The molecule has 0 radical (unpaired) electrons. The van der Waals surface area contributed by atoms with Crippen LogP contribution in [0.1, 0.15) is 0 Å². The van der Waals surface area contributed by atoms with Crippen molar-refractivity contribution >= 4 is 11.6 Å². The topological polar surface area (TPSA) is 52.6 Å². The molecule has 0 aliphatic heterocycles. The Morgan fingerprint density at radius 1 is 1.41 bits per heavy atom. The molecule has 0 saturated carbocycles. The number of rotatable bonds is 7. The number of carbonyl (C=O) groups excluding carboxylic acids is 1. The minimum atomic E-state index is -0.0530. The zero-order valence-corrected chi connectivity index (χ0v) is 9.80. The van der Waals surface area contributed by atoms with Crippen LogP contribution in [-0.4, -0.2) is 42.2 Å². The predicted octanol–water partition coefficient (Wildman–Crippen LogP) is 1.11. The molecule has 0 aliphatic rings. The number of benzene rings is 1. The van der Waals surface area contributed by atoms with E-state index in [2.05, 4.69) is 11.9 Å². The van der Waals surface area contributed by atoms with Gasteiger partial charge < -0.3 is 15.3 Å². The number of anilines is 1. The smallest absolute Gasteiger partial charge is 0.242 e. The van der Waals surface area contributed by atoms with Crippen molar-refractivity contribution in [3.8, 4) is 0 Å². The Labute approximate surface area is 102 Å². The van der Waals surface area contributed by atoms with E-state index in [1.807, 2.05) is 30.3 Å². The van der Waals surface area contributed by atoms with Crippen LogP contribution in [0.5, 0.6) is 0 Å². The molecule has 4 nitrogen and oxygen atoms in total. The number of hydrogen-bond donors (Lipinski definition) is 2. The van der Waals surface area contributed by atoms with E-state index in [9.17, 15) is 4.79 Å². The Balaban J connectivity index is 2.44. The van der Waals surface area contributed by atoms with Crippen molar-refractivity contribution in [3.63, 3.8) is 0 Å². The second-order valence-corrected chi connectivity index (χ2v) is 3.57. The first kappa shape index (κ1) is 13.3. The van der Waals surface area contributed by atoms with E-state index in [4.69, 9.17) is 5.11 Å². The minimum Gasteiger partial charge on any atom is -0.395 e. The summed E-state index contributed by atoms with van der Waals surface area (Å²) >= 11 is 0. The molecule has 0 unspecified atom stereocenters. The van der Waals surface area contributed by atoms with Crippen LogP contribution in [0.15, 0.2) is 43.0 Å². The molecule has 1 amide bonds. The highest BCUT2D eigenvalue weighted by Gasteiger charge is 2.10. The van der Waals surface area contributed by atoms with Gasteiger partial charge in [0.25, 0.3) is 0 Å². The quantitative estimate of drug-likeness (QED) is 0.695. The van der Waals surface area contributed by atoms with Gasteiger partial charge in [-0.1, -0.05) is 24.3 Å². The van der Waals surface area contributed by atoms with Crippen LogP contribution in [0, 0.1) is 0 Å². The van der Waals surface area contributed by atoms with Gasteiger partial charge in [-0.3, -0.25) is 4.79 Å². The van der Waals surface area contributed by atoms with Crippen LogP contribution < -0.4 is 5.32 Å². The van der Waals surface area contributed by atoms with Crippen LogP contribution in [-0.2, 0) is 4.79 Å². The van der Waals surface area contributed by atoms with Gasteiger partial charge in [-0.15, -0.1) is 6.58 Å². The summed E-state index contributed by atoms with van der Waals surface area (Å²) < 4.78 is 0. The van der Waals surface area contributed by atoms with Gasteiger partial charge in [0.1, 0.15) is 0 Å². The van der Waals surface area contributed by atoms with Crippen molar-refractivity contribution < 1.29 is 9.90 Å². The third-order valence-electron chi connectivity index (χ3n) is 2.29. The molecule has 17 heavy (non-hydrogen) atoms. The van der Waals surface area contributed by atoms with Crippen molar-refractivity contribution in [1.82, 2.24) is 4.90 Å². The molecule has 1 rings (SSSR count). The first-order chi connectivity index (χ1) is 8.27. The van der Waals surface area contributed by atoms with E-state index in [-0.39, 0.29) is 19.1 Å². The number of para-hydroxylation sites is 1. The summed E-state index contributed by atoms with van der Waals surface area (Å²) in [4.78, 5) is 13.4. The number of carbonyl (C=O) groups is 1. The highest BCUT2D eigenvalue weighted by atomic mass is 16.3. The Bertz CT molecular complexity index is 352. The summed E-state index contributed by atoms with van der Waals surface area (Å²) in [7, 11) is 0. The fraction of sp³-hybridized carbons (Fsp3) is 0.308. The van der Waals surface area contributed by atoms with Gasteiger partial charge in [-0.2, -0.15) is 0 Å². The van der Waals surface area contributed by atoms with Gasteiger partial charge in [0, 0.05) is 18.8 Å². The van der Waals surface area contributed by atoms with E-state index < -0.39 is 0 Å². The van der Waals surface area contributed by atoms with Crippen molar-refractivity contribution in [1.29, 1.82) is 0 Å². The Hall–Kier alpha value is -1.81. The van der Waals surface area contributed by atoms with Crippen LogP contribution in [0.4, 0.5) is 5.69 Å². The Kier molecular flexibility index (Phi) is 5.82. The predicted molar refractivity (Wildman–Crippen MR) is 68.8 cm³/mol. The number of nitrogens with one attached hydrogen (secondary N) is 1. The summed E-state index contributed by atoms with van der Waals surface area (Å²) in [6, 6.07) is 9.53. The number of aliphatic hydroxyl groups is 1. The number of aliphatic hydroxyl groups excluding tert-OH is 1. The molecular weight excluding hydrogens is 216 g/mol. The molecule has 2 N–H and O–H groups in total. The van der Waals surface area contributed by atoms with Gasteiger partial charge in [0.05, 0.1) is 13.2 Å². The molecule has 4 heteroatoms. The highest BCUT2D eigenvalue weighted by molar-refractivity contribution is 5.81. The van der Waals surface area contributed by atoms with Crippen LogP contribution in [0.2, 0.25) is 0 Å². The third-order valence-corrected chi connectivity index (χ3v) is 2.29. The molecular formula is C13H18N2O2. The van der Waals surface area contributed by atoms with E-state index >= 15 is 0 Å². The number of amides is 1. The van der Waals surface area contributed by atoms with E-state index in [1.54, 1.807) is 11.0 Å². The summed E-state index contributed by atoms with van der Waals surface area (Å²) in [5, 5.41) is 11.9. The molecule has 1 aromatic carbocycles. The monoisotopic (exact) mass is 234 g/mol. The van der Waals surface area contributed by atoms with Gasteiger partial charge in [0.15, 0.2) is 0 Å². The first-order valence-electron chi connectivity index (χ1n) is 5.56. The summed E-state index contributed by atoms with van der Waals surface area (Å²) in [5.74, 6) is -0.0530. The van der Waals surface area contributed by atoms with Crippen LogP contribution in [0.3, 0.4) is 0 Å². The van der Waals surface area contributed by atoms with Crippen LogP contribution >= 0.6 is 0 Å². The Morgan fingerprint density at radius 3 is 2.71 bits per heavy atom. The summed E-state index contributed by atoms with van der Waals surface area (Å²) in [6.45, 7) is 4.56. The third kappa shape index (κ3) is 4.70. The zero-order valence-electron chi connectivity index (χ0n) is 9.80. The largest absolute Gasteiger partial charge is 0.395 e. The first-order valence-corrected chi connectivity index (χ1v) is 5.56. The van der Waals surface area contributed by atoms with E-state index in [0.717, 1.165) is 5.69 Å². The normalized spacial score (nSPS) is 9.71. The molecule has 0 aromatic heterocycles. The fourth-order valence-corrected chi connectivity index (χ4v) is 1.44. The number of hydrogen-bond acceptors (Lipinski definition) is 3. The maximum atomic E-state index is 11.8. The average molecular weight is 234 g/mol. The fourth-order valence-electron chi connectivity index (χ4n) is 1.44. The van der Waals surface area contributed by atoms with Crippen molar-refractivity contribution in [3.05, 3.63) is 43.0 Å². The van der Waals surface area contributed by atoms with Gasteiger partial charge in [-0.25, -0.2) is 0 Å². The molecule has 92 valence electrons. The maximum absolute atomic E-state index is 11.8. The second kappa shape index (κ2) is 7.46. The maximum Gasteiger partial charge on any atom is 0.242 e. The molecule has 0 saturated heterocycles. The second-order valence-electron chi connectivity index (χ2n) is 3.57. The SMILES string of the molecule is C=CCN(CCO)C(=O)CNc1ccccc1. The summed E-state index contributed by atoms with van der Waals surface area (Å²) in [5.41, 5.74) is 0.906. The van der Waals surface area contributed by atoms with Crippen molar-refractivity contribution in [2.75, 3.05) is 31.6 Å². The summed E-state index contributed by atoms with van der Waals surface area (Å²) in [6.07, 6.45) is 1.65. The van der Waals surface area contributed by atoms with Gasteiger partial charge in [0.2, 0.25) is 5.91 Å². The molecule has 0 fully saturated rings. The van der Waals surface area contributed by atoms with Crippen molar-refractivity contribution in [2.45, 2.75) is 0 Å². The minimum absolute atomic E-state index is 0.0368. The lowest BCUT2D eigenvalue weighted by Crippen LogP contribution is -2.37. The standard InChI is InChI=1S/C13H18N2O2/c1-2-8-15(9-10-16)13(17)11-14-12-6-4-3-5-7-12/h2-7,14,16H,1,8-11H2. The lowest BCUT2D eigenvalue weighted by molar-refractivity contribution is -0.129. The number of nitrogens with zero attached hydrogens (tertiary/aromatic N) is 1. The van der Waals surface area contributed by atoms with Gasteiger partial charge in [-0.05, 0) is 12.1 Å².